The molecule has 0 aliphatic carbocycles. The number of carbonyl (C=O) groups excluding carboxylic acids is 2. The van der Waals surface area contributed by atoms with Gasteiger partial charge in [-0.2, -0.15) is 5.10 Å². The molecule has 1 aliphatic rings. The molecule has 9 heteroatoms. The number of rotatable bonds is 9. The highest BCUT2D eigenvalue weighted by Gasteiger charge is 2.38. The third kappa shape index (κ3) is 6.69. The summed E-state index contributed by atoms with van der Waals surface area (Å²) < 4.78 is 8.12. The van der Waals surface area contributed by atoms with Crippen molar-refractivity contribution in [3.63, 3.8) is 0 Å². The summed E-state index contributed by atoms with van der Waals surface area (Å²) in [6.45, 7) is 5.22. The zero-order valence-electron chi connectivity index (χ0n) is 26.3. The van der Waals surface area contributed by atoms with Crippen LogP contribution in [0.5, 0.6) is 0 Å². The third-order valence-corrected chi connectivity index (χ3v) is 8.57. The fraction of sp³-hybridized carbons (Fsp3) is 0.243. The number of hydrogen-bond acceptors (Lipinski definition) is 6. The van der Waals surface area contributed by atoms with Gasteiger partial charge in [0.05, 0.1) is 30.5 Å². The molecule has 2 atom stereocenters. The Hall–Kier alpha value is -5.28. The van der Waals surface area contributed by atoms with Crippen molar-refractivity contribution >= 4 is 17.6 Å². The van der Waals surface area contributed by atoms with E-state index in [0.717, 1.165) is 34.2 Å². The van der Waals surface area contributed by atoms with Crippen molar-refractivity contribution in [2.45, 2.75) is 39.0 Å². The number of pyridine rings is 1. The van der Waals surface area contributed by atoms with Gasteiger partial charge in [0.1, 0.15) is 5.82 Å². The van der Waals surface area contributed by atoms with Crippen molar-refractivity contribution in [2.24, 2.45) is 7.05 Å². The van der Waals surface area contributed by atoms with Crippen LogP contribution in [0.4, 0.5) is 5.82 Å². The van der Waals surface area contributed by atoms with E-state index in [1.807, 2.05) is 67.8 Å². The molecule has 5 aromatic rings. The normalized spacial score (nSPS) is 16.0. The van der Waals surface area contributed by atoms with Gasteiger partial charge in [-0.3, -0.25) is 14.3 Å². The van der Waals surface area contributed by atoms with E-state index >= 15 is 0 Å². The first-order valence-corrected chi connectivity index (χ1v) is 15.5. The topological polar surface area (TPSA) is 115 Å². The van der Waals surface area contributed by atoms with Gasteiger partial charge in [-0.25, -0.2) is 4.98 Å². The first-order chi connectivity index (χ1) is 22.3. The van der Waals surface area contributed by atoms with Gasteiger partial charge in [-0.15, -0.1) is 0 Å². The number of nitrogens with one attached hydrogen (secondary N) is 1. The zero-order valence-corrected chi connectivity index (χ0v) is 26.3. The van der Waals surface area contributed by atoms with Crippen molar-refractivity contribution in [1.82, 2.24) is 25.0 Å². The van der Waals surface area contributed by atoms with Crippen molar-refractivity contribution in [2.75, 3.05) is 18.8 Å². The van der Waals surface area contributed by atoms with Crippen molar-refractivity contribution < 1.29 is 14.3 Å². The summed E-state index contributed by atoms with van der Waals surface area (Å²) in [5.41, 5.74) is 14.2. The number of carbonyl (C=O) groups is 2. The van der Waals surface area contributed by atoms with Crippen LogP contribution < -0.4 is 11.1 Å². The van der Waals surface area contributed by atoms with E-state index in [1.165, 1.54) is 11.1 Å². The Morgan fingerprint density at radius 1 is 0.935 bits per heavy atom. The Morgan fingerprint density at radius 3 is 2.41 bits per heavy atom. The average Bonchev–Trinajstić information content (AvgIpc) is 3.70. The largest absolute Gasteiger partial charge is 0.383 e. The lowest BCUT2D eigenvalue weighted by molar-refractivity contribution is 0.0306. The molecule has 1 saturated heterocycles. The summed E-state index contributed by atoms with van der Waals surface area (Å²) in [7, 11) is 1.83. The number of amides is 2. The Kier molecular flexibility index (Phi) is 8.94. The lowest BCUT2D eigenvalue weighted by Crippen LogP contribution is -2.44. The average molecular weight is 615 g/mol. The predicted octanol–water partition coefficient (Wildman–Crippen LogP) is 5.44. The van der Waals surface area contributed by atoms with E-state index in [9.17, 15) is 9.59 Å². The first-order valence-electron chi connectivity index (χ1n) is 15.5. The number of anilines is 1. The fourth-order valence-electron chi connectivity index (χ4n) is 5.90. The molecule has 234 valence electrons. The highest BCUT2D eigenvalue weighted by Crippen LogP contribution is 2.25. The number of ether oxygens (including phenoxy) is 1. The highest BCUT2D eigenvalue weighted by atomic mass is 16.5. The van der Waals surface area contributed by atoms with Gasteiger partial charge in [0.2, 0.25) is 0 Å². The molecule has 2 aromatic heterocycles. The molecular formula is C37H38N6O3. The van der Waals surface area contributed by atoms with Crippen LogP contribution in [0.1, 0.15) is 44.3 Å². The van der Waals surface area contributed by atoms with Crippen LogP contribution in [0.3, 0.4) is 0 Å². The standard InChI is InChI=1S/C37H38N6O3/c1-4-26-16-25(11-10-24(26)2)23-46-34-22-43(37(45)29-14-12-28(13-15-29)27-8-6-5-7-9-27)21-33(34)41-36(44)32-17-30(18-39-35(32)38)31-19-40-42(3)20-31/h5-20,33-34H,4,21-23H2,1-3H3,(H2,38,39)(H,41,44)/t33-,34-/m0/s1. The highest BCUT2D eigenvalue weighted by molar-refractivity contribution is 6.00. The van der Waals surface area contributed by atoms with Crippen LogP contribution in [0.2, 0.25) is 0 Å². The minimum atomic E-state index is -0.461. The molecule has 2 amide bonds. The molecule has 6 rings (SSSR count). The van der Waals surface area contributed by atoms with E-state index in [1.54, 1.807) is 28.0 Å². The van der Waals surface area contributed by atoms with E-state index < -0.39 is 12.1 Å². The third-order valence-electron chi connectivity index (χ3n) is 8.57. The van der Waals surface area contributed by atoms with Gasteiger partial charge >= 0.3 is 0 Å². The Balaban J connectivity index is 1.22. The lowest BCUT2D eigenvalue weighted by Gasteiger charge is -2.21. The van der Waals surface area contributed by atoms with Gasteiger partial charge in [0.15, 0.2) is 0 Å². The molecule has 3 N–H and O–H groups in total. The molecule has 0 unspecified atom stereocenters. The second-order valence-electron chi connectivity index (χ2n) is 11.8. The molecule has 0 bridgehead atoms. The van der Waals surface area contributed by atoms with E-state index in [-0.39, 0.29) is 23.2 Å². The monoisotopic (exact) mass is 614 g/mol. The van der Waals surface area contributed by atoms with Crippen LogP contribution in [-0.2, 0) is 24.8 Å². The molecule has 9 nitrogen and oxygen atoms in total. The van der Waals surface area contributed by atoms with Crippen LogP contribution in [0, 0.1) is 6.92 Å². The number of nitrogens with two attached hydrogens (primary N) is 1. The van der Waals surface area contributed by atoms with Crippen LogP contribution >= 0.6 is 0 Å². The summed E-state index contributed by atoms with van der Waals surface area (Å²) in [6.07, 6.45) is 5.68. The molecule has 1 fully saturated rings. The molecule has 3 heterocycles. The number of likely N-dealkylation sites (tertiary alicyclic amines) is 1. The minimum absolute atomic E-state index is 0.117. The smallest absolute Gasteiger partial charge is 0.255 e. The van der Waals surface area contributed by atoms with Crippen molar-refractivity contribution in [1.29, 1.82) is 0 Å². The summed E-state index contributed by atoms with van der Waals surface area (Å²) in [5.74, 6) is -0.369. The first kappa shape index (κ1) is 30.7. The van der Waals surface area contributed by atoms with Crippen LogP contribution in [0.15, 0.2) is 97.5 Å². The summed E-state index contributed by atoms with van der Waals surface area (Å²) in [5, 5.41) is 7.32. The second-order valence-corrected chi connectivity index (χ2v) is 11.8. The molecule has 0 radical (unpaired) electrons. The van der Waals surface area contributed by atoms with Crippen molar-refractivity contribution in [3.8, 4) is 22.3 Å². The molecule has 1 aliphatic heterocycles. The Morgan fingerprint density at radius 2 is 1.70 bits per heavy atom. The maximum Gasteiger partial charge on any atom is 0.255 e. The summed E-state index contributed by atoms with van der Waals surface area (Å²) >= 11 is 0. The van der Waals surface area contributed by atoms with E-state index in [0.29, 0.717) is 25.3 Å². The van der Waals surface area contributed by atoms with Gasteiger partial charge in [-0.05, 0) is 59.4 Å². The predicted molar refractivity (Wildman–Crippen MR) is 179 cm³/mol. The number of aryl methyl sites for hydroxylation is 3. The second kappa shape index (κ2) is 13.4. The number of nitrogens with zero attached hydrogens (tertiary/aromatic N) is 4. The van der Waals surface area contributed by atoms with Crippen molar-refractivity contribution in [3.05, 3.63) is 125 Å². The van der Waals surface area contributed by atoms with Gasteiger partial charge in [0.25, 0.3) is 11.8 Å². The molecule has 0 spiro atoms. The maximum atomic E-state index is 13.7. The fourth-order valence-corrected chi connectivity index (χ4v) is 5.90. The lowest BCUT2D eigenvalue weighted by atomic mass is 10.0. The minimum Gasteiger partial charge on any atom is -0.383 e. The van der Waals surface area contributed by atoms with E-state index in [2.05, 4.69) is 47.4 Å². The Labute approximate surface area is 269 Å². The summed E-state index contributed by atoms with van der Waals surface area (Å²) in [6, 6.07) is 25.2. The van der Waals surface area contributed by atoms with Gasteiger partial charge in [-0.1, -0.05) is 67.6 Å². The number of nitrogen functional groups attached to an aromatic ring is 1. The Bertz CT molecular complexity index is 1850. The number of benzene rings is 3. The molecule has 3 aromatic carbocycles. The maximum absolute atomic E-state index is 13.7. The van der Waals surface area contributed by atoms with Crippen LogP contribution in [0.25, 0.3) is 22.3 Å². The molecule has 46 heavy (non-hydrogen) atoms. The number of aromatic nitrogens is 3. The van der Waals surface area contributed by atoms with Gasteiger partial charge < -0.3 is 20.7 Å². The molecular weight excluding hydrogens is 576 g/mol. The van der Waals surface area contributed by atoms with Crippen LogP contribution in [-0.4, -0.2) is 56.7 Å². The zero-order chi connectivity index (χ0) is 32.2. The number of hydrogen-bond donors (Lipinski definition) is 2. The quantitative estimate of drug-likeness (QED) is 0.229. The van der Waals surface area contributed by atoms with Gasteiger partial charge in [0, 0.05) is 49.2 Å². The molecule has 0 saturated carbocycles. The summed E-state index contributed by atoms with van der Waals surface area (Å²) in [4.78, 5) is 33.4. The SMILES string of the molecule is CCc1cc(CO[C@H]2CN(C(=O)c3ccc(-c4ccccc4)cc3)C[C@@H]2NC(=O)c2cc(-c3cnn(C)c3)cnc2N)ccc1C. The van der Waals surface area contributed by atoms with E-state index in [4.69, 9.17) is 10.5 Å².